The molecule has 0 bridgehead atoms. The van der Waals surface area contributed by atoms with Crippen LogP contribution in [0.25, 0.3) is 6.08 Å². The molecule has 1 aliphatic heterocycles. The molecule has 0 spiro atoms. The molecule has 3 aromatic rings. The lowest BCUT2D eigenvalue weighted by Crippen LogP contribution is -3.10. The van der Waals surface area contributed by atoms with Crippen LogP contribution in [0.15, 0.2) is 60.7 Å². The summed E-state index contributed by atoms with van der Waals surface area (Å²) in [5, 5.41) is 3.48. The summed E-state index contributed by atoms with van der Waals surface area (Å²) in [4.78, 5) is 19.5. The Kier molecular flexibility index (Phi) is 5.60. The number of halogens is 1. The van der Waals surface area contributed by atoms with Crippen LogP contribution in [0.3, 0.4) is 0 Å². The number of amides is 1. The van der Waals surface area contributed by atoms with Gasteiger partial charge in [0.15, 0.2) is 5.13 Å². The van der Waals surface area contributed by atoms with Gasteiger partial charge in [-0.3, -0.25) is 10.1 Å². The van der Waals surface area contributed by atoms with Crippen molar-refractivity contribution in [2.45, 2.75) is 19.5 Å². The van der Waals surface area contributed by atoms with Crippen LogP contribution in [0.5, 0.6) is 0 Å². The molecule has 6 heteroatoms. The van der Waals surface area contributed by atoms with Crippen LogP contribution >= 0.6 is 11.3 Å². The van der Waals surface area contributed by atoms with Crippen molar-refractivity contribution in [3.8, 4) is 0 Å². The molecule has 1 aromatic heterocycles. The van der Waals surface area contributed by atoms with Crippen molar-refractivity contribution in [3.05, 3.63) is 88.2 Å². The van der Waals surface area contributed by atoms with E-state index in [4.69, 9.17) is 0 Å². The molecule has 142 valence electrons. The number of thiazole rings is 1. The number of nitrogens with zero attached hydrogens (tertiary/aromatic N) is 1. The molecule has 1 amide bonds. The number of aromatic nitrogens is 1. The van der Waals surface area contributed by atoms with Crippen LogP contribution in [0, 0.1) is 5.82 Å². The number of carbonyl (C=O) groups excluding carboxylic acids is 1. The average Bonchev–Trinajstić information content (AvgIpc) is 3.10. The first kappa shape index (κ1) is 18.5. The topological polar surface area (TPSA) is 46.4 Å². The third-order valence-corrected chi connectivity index (χ3v) is 5.74. The zero-order chi connectivity index (χ0) is 19.3. The average molecular weight is 394 g/mol. The third-order valence-electron chi connectivity index (χ3n) is 4.73. The Morgan fingerprint density at radius 2 is 1.96 bits per heavy atom. The molecular formula is C22H21FN3OS+. The van der Waals surface area contributed by atoms with Crippen molar-refractivity contribution in [1.29, 1.82) is 0 Å². The molecule has 1 unspecified atom stereocenters. The van der Waals surface area contributed by atoms with Crippen LogP contribution in [0.1, 0.15) is 21.7 Å². The Morgan fingerprint density at radius 3 is 2.75 bits per heavy atom. The largest absolute Gasteiger partial charge is 0.326 e. The van der Waals surface area contributed by atoms with Gasteiger partial charge in [-0.05, 0) is 23.8 Å². The maximum Gasteiger partial charge on any atom is 0.250 e. The Balaban J connectivity index is 1.36. The lowest BCUT2D eigenvalue weighted by molar-refractivity contribution is -0.929. The van der Waals surface area contributed by atoms with Crippen LogP contribution in [0.4, 0.5) is 9.52 Å². The Morgan fingerprint density at radius 1 is 1.18 bits per heavy atom. The van der Waals surface area contributed by atoms with E-state index in [9.17, 15) is 9.18 Å². The molecule has 0 radical (unpaired) electrons. The first-order chi connectivity index (χ1) is 13.7. The zero-order valence-corrected chi connectivity index (χ0v) is 16.1. The number of hydrogen-bond acceptors (Lipinski definition) is 3. The molecule has 4 nitrogen and oxygen atoms in total. The fourth-order valence-electron chi connectivity index (χ4n) is 3.31. The third kappa shape index (κ3) is 4.71. The normalized spacial score (nSPS) is 16.1. The monoisotopic (exact) mass is 394 g/mol. The van der Waals surface area contributed by atoms with E-state index in [0.29, 0.717) is 5.13 Å². The zero-order valence-electron chi connectivity index (χ0n) is 15.3. The van der Waals surface area contributed by atoms with Gasteiger partial charge in [0, 0.05) is 18.1 Å². The highest BCUT2D eigenvalue weighted by molar-refractivity contribution is 7.15. The molecule has 2 N–H and O–H groups in total. The quantitative estimate of drug-likeness (QED) is 0.654. The van der Waals surface area contributed by atoms with Crippen molar-refractivity contribution in [2.24, 2.45) is 0 Å². The number of carbonyl (C=O) groups is 1. The van der Waals surface area contributed by atoms with Crippen LogP contribution in [-0.4, -0.2) is 17.4 Å². The number of benzene rings is 2. The van der Waals surface area contributed by atoms with E-state index < -0.39 is 0 Å². The Labute approximate surface area is 167 Å². The van der Waals surface area contributed by atoms with Gasteiger partial charge in [0.2, 0.25) is 5.91 Å². The smallest absolute Gasteiger partial charge is 0.250 e. The van der Waals surface area contributed by atoms with Gasteiger partial charge < -0.3 is 4.90 Å². The summed E-state index contributed by atoms with van der Waals surface area (Å²) in [7, 11) is 0. The van der Waals surface area contributed by atoms with E-state index >= 15 is 0 Å². The maximum absolute atomic E-state index is 12.9. The predicted molar refractivity (Wildman–Crippen MR) is 110 cm³/mol. The van der Waals surface area contributed by atoms with Gasteiger partial charge >= 0.3 is 0 Å². The summed E-state index contributed by atoms with van der Waals surface area (Å²) in [6, 6.07) is 16.5. The summed E-state index contributed by atoms with van der Waals surface area (Å²) in [6.45, 7) is 2.98. The molecule has 0 saturated heterocycles. The van der Waals surface area contributed by atoms with E-state index in [1.807, 2.05) is 6.07 Å². The standard InChI is InChI=1S/C22H20FN3OS/c23-18-9-6-16(7-10-18)8-11-21(27)25-22-24-19-12-13-26(15-20(19)28-22)14-17-4-2-1-3-5-17/h1-11H,12-15H2,(H,24,25,27)/p+1/b11-8+. The summed E-state index contributed by atoms with van der Waals surface area (Å²) in [5.74, 6) is -0.526. The maximum atomic E-state index is 12.9. The first-order valence-corrected chi connectivity index (χ1v) is 10.1. The van der Waals surface area contributed by atoms with Crippen molar-refractivity contribution >= 4 is 28.5 Å². The Hall–Kier alpha value is -2.83. The highest BCUT2D eigenvalue weighted by atomic mass is 32.1. The second kappa shape index (κ2) is 8.46. The first-order valence-electron chi connectivity index (χ1n) is 9.26. The summed E-state index contributed by atoms with van der Waals surface area (Å²) in [5.41, 5.74) is 3.21. The number of fused-ring (bicyclic) bond motifs is 1. The van der Waals surface area contributed by atoms with E-state index in [1.165, 1.54) is 33.5 Å². The van der Waals surface area contributed by atoms with Gasteiger partial charge in [0.1, 0.15) is 18.9 Å². The van der Waals surface area contributed by atoms with E-state index in [-0.39, 0.29) is 11.7 Å². The number of rotatable bonds is 5. The molecule has 4 rings (SSSR count). The fourth-order valence-corrected chi connectivity index (χ4v) is 4.39. The highest BCUT2D eigenvalue weighted by Crippen LogP contribution is 2.24. The molecule has 2 heterocycles. The lowest BCUT2D eigenvalue weighted by Gasteiger charge is -2.22. The van der Waals surface area contributed by atoms with Gasteiger partial charge in [-0.2, -0.15) is 0 Å². The van der Waals surface area contributed by atoms with Crippen molar-refractivity contribution < 1.29 is 14.1 Å². The summed E-state index contributed by atoms with van der Waals surface area (Å²) < 4.78 is 12.9. The molecule has 1 atom stereocenters. The SMILES string of the molecule is O=C(/C=C/c1ccc(F)cc1)Nc1nc2c(s1)C[NH+](Cc1ccccc1)CC2. The summed E-state index contributed by atoms with van der Waals surface area (Å²) in [6.07, 6.45) is 4.03. The van der Waals surface area contributed by atoms with Gasteiger partial charge in [-0.25, -0.2) is 9.37 Å². The fraction of sp³-hybridized carbons (Fsp3) is 0.182. The lowest BCUT2D eigenvalue weighted by atomic mass is 10.1. The van der Waals surface area contributed by atoms with Crippen molar-refractivity contribution in [2.75, 3.05) is 11.9 Å². The van der Waals surface area contributed by atoms with Gasteiger partial charge in [-0.15, -0.1) is 0 Å². The molecule has 1 aliphatic rings. The number of quaternary nitrogens is 1. The van der Waals surface area contributed by atoms with Crippen LogP contribution in [-0.2, 0) is 24.3 Å². The molecule has 2 aromatic carbocycles. The van der Waals surface area contributed by atoms with E-state index in [1.54, 1.807) is 29.5 Å². The number of anilines is 1. The second-order valence-electron chi connectivity index (χ2n) is 6.85. The number of hydrogen-bond donors (Lipinski definition) is 2. The van der Waals surface area contributed by atoms with Crippen LogP contribution in [0.2, 0.25) is 0 Å². The summed E-state index contributed by atoms with van der Waals surface area (Å²) >= 11 is 1.55. The highest BCUT2D eigenvalue weighted by Gasteiger charge is 2.24. The number of nitrogens with one attached hydrogen (secondary N) is 2. The van der Waals surface area contributed by atoms with Gasteiger partial charge in [0.05, 0.1) is 17.1 Å². The molecule has 0 aliphatic carbocycles. The molecule has 0 fully saturated rings. The minimum atomic E-state index is -0.293. The van der Waals surface area contributed by atoms with E-state index in [0.717, 1.165) is 37.3 Å². The minimum absolute atomic E-state index is 0.232. The van der Waals surface area contributed by atoms with Crippen LogP contribution < -0.4 is 10.2 Å². The molecule has 28 heavy (non-hydrogen) atoms. The van der Waals surface area contributed by atoms with Gasteiger partial charge in [-0.1, -0.05) is 53.8 Å². The van der Waals surface area contributed by atoms with Gasteiger partial charge in [0.25, 0.3) is 0 Å². The van der Waals surface area contributed by atoms with Crippen molar-refractivity contribution in [3.63, 3.8) is 0 Å². The van der Waals surface area contributed by atoms with E-state index in [2.05, 4.69) is 34.6 Å². The Bertz CT molecular complexity index is 983. The second-order valence-corrected chi connectivity index (χ2v) is 7.94. The van der Waals surface area contributed by atoms with Crippen molar-refractivity contribution in [1.82, 2.24) is 4.98 Å². The predicted octanol–water partition coefficient (Wildman–Crippen LogP) is 3.08. The molecule has 0 saturated carbocycles. The minimum Gasteiger partial charge on any atom is -0.326 e. The molecular weight excluding hydrogens is 373 g/mol.